The number of aromatic nitrogens is 3. The lowest BCUT2D eigenvalue weighted by molar-refractivity contribution is 0.0949. The van der Waals surface area contributed by atoms with Crippen molar-refractivity contribution in [1.29, 1.82) is 0 Å². The first-order chi connectivity index (χ1) is 10.1. The first-order valence-corrected chi connectivity index (χ1v) is 7.27. The molecule has 0 atom stereocenters. The number of fused-ring (bicyclic) bond motifs is 1. The zero-order valence-electron chi connectivity index (χ0n) is 11.4. The molecular weight excluding hydrogens is 332 g/mol. The van der Waals surface area contributed by atoms with E-state index in [1.54, 1.807) is 6.07 Å². The highest BCUT2D eigenvalue weighted by Gasteiger charge is 2.09. The van der Waals surface area contributed by atoms with Gasteiger partial charge in [-0.05, 0) is 42.8 Å². The number of aryl methyl sites for hydroxylation is 1. The van der Waals surface area contributed by atoms with Crippen LogP contribution in [0.25, 0.3) is 5.65 Å². The maximum atomic E-state index is 12.2. The van der Waals surface area contributed by atoms with Crippen molar-refractivity contribution in [2.24, 2.45) is 0 Å². The Labute approximate surface area is 130 Å². The summed E-state index contributed by atoms with van der Waals surface area (Å²) in [6.07, 6.45) is 1.88. The van der Waals surface area contributed by atoms with E-state index in [2.05, 4.69) is 31.4 Å². The summed E-state index contributed by atoms with van der Waals surface area (Å²) in [4.78, 5) is 12.2. The molecule has 6 heteroatoms. The van der Waals surface area contributed by atoms with Crippen LogP contribution in [0.5, 0.6) is 0 Å². The number of hydrogen-bond donors (Lipinski definition) is 1. The molecule has 2 aromatic heterocycles. The van der Waals surface area contributed by atoms with Crippen molar-refractivity contribution >= 4 is 27.5 Å². The molecular formula is C15H13BrN4O. The first kappa shape index (κ1) is 13.8. The summed E-state index contributed by atoms with van der Waals surface area (Å²) >= 11 is 3.42. The van der Waals surface area contributed by atoms with Crippen LogP contribution in [0.3, 0.4) is 0 Å². The van der Waals surface area contributed by atoms with Gasteiger partial charge in [-0.25, -0.2) is 0 Å². The van der Waals surface area contributed by atoms with Gasteiger partial charge in [-0.15, -0.1) is 10.2 Å². The number of rotatable bonds is 3. The molecule has 0 spiro atoms. The molecule has 0 saturated heterocycles. The molecule has 0 unspecified atom stereocenters. The fourth-order valence-corrected chi connectivity index (χ4v) is 2.31. The van der Waals surface area contributed by atoms with E-state index < -0.39 is 0 Å². The summed E-state index contributed by atoms with van der Waals surface area (Å²) in [5.74, 6) is 0.575. The van der Waals surface area contributed by atoms with Gasteiger partial charge >= 0.3 is 0 Å². The van der Waals surface area contributed by atoms with Crippen LogP contribution in [0.2, 0.25) is 0 Å². The van der Waals surface area contributed by atoms with Crippen molar-refractivity contribution in [1.82, 2.24) is 19.9 Å². The Kier molecular flexibility index (Phi) is 3.70. The quantitative estimate of drug-likeness (QED) is 0.794. The Hall–Kier alpha value is -2.21. The van der Waals surface area contributed by atoms with E-state index in [1.165, 1.54) is 0 Å². The molecule has 3 aromatic rings. The van der Waals surface area contributed by atoms with E-state index >= 15 is 0 Å². The lowest BCUT2D eigenvalue weighted by atomic mass is 10.1. The third-order valence-electron chi connectivity index (χ3n) is 3.21. The summed E-state index contributed by atoms with van der Waals surface area (Å²) in [6.45, 7) is 2.28. The van der Waals surface area contributed by atoms with Crippen LogP contribution < -0.4 is 5.32 Å². The smallest absolute Gasteiger partial charge is 0.251 e. The fraction of sp³-hybridized carbons (Fsp3) is 0.133. The first-order valence-electron chi connectivity index (χ1n) is 6.48. The molecule has 0 radical (unpaired) electrons. The minimum Gasteiger partial charge on any atom is -0.345 e. The van der Waals surface area contributed by atoms with Gasteiger partial charge < -0.3 is 5.32 Å². The molecule has 0 bridgehead atoms. The van der Waals surface area contributed by atoms with Crippen LogP contribution in [0.1, 0.15) is 21.7 Å². The average molecular weight is 345 g/mol. The van der Waals surface area contributed by atoms with E-state index in [0.717, 1.165) is 15.7 Å². The van der Waals surface area contributed by atoms with Crippen molar-refractivity contribution in [3.8, 4) is 0 Å². The topological polar surface area (TPSA) is 59.3 Å². The highest BCUT2D eigenvalue weighted by Crippen LogP contribution is 2.17. The van der Waals surface area contributed by atoms with Gasteiger partial charge in [0, 0.05) is 16.2 Å². The fourth-order valence-electron chi connectivity index (χ4n) is 2.06. The van der Waals surface area contributed by atoms with E-state index in [9.17, 15) is 4.79 Å². The lowest BCUT2D eigenvalue weighted by Crippen LogP contribution is -2.24. The standard InChI is InChI=1S/C15H13BrN4O/c1-10-8-11(5-6-12(10)16)15(21)17-9-14-19-18-13-4-2-3-7-20(13)14/h2-8H,9H2,1H3,(H,17,21). The van der Waals surface area contributed by atoms with Gasteiger partial charge in [0.2, 0.25) is 0 Å². The number of benzene rings is 1. The minimum atomic E-state index is -0.127. The maximum Gasteiger partial charge on any atom is 0.251 e. The number of pyridine rings is 1. The van der Waals surface area contributed by atoms with E-state index in [0.29, 0.717) is 17.9 Å². The average Bonchev–Trinajstić information content (AvgIpc) is 2.91. The molecule has 0 aliphatic rings. The van der Waals surface area contributed by atoms with Crippen molar-refractivity contribution < 1.29 is 4.79 Å². The van der Waals surface area contributed by atoms with Gasteiger partial charge in [-0.1, -0.05) is 22.0 Å². The molecule has 3 rings (SSSR count). The Morgan fingerprint density at radius 1 is 1.29 bits per heavy atom. The zero-order chi connectivity index (χ0) is 14.8. The molecule has 5 nitrogen and oxygen atoms in total. The molecule has 2 heterocycles. The summed E-state index contributed by atoms with van der Waals surface area (Å²) in [5.41, 5.74) is 2.42. The predicted molar refractivity (Wildman–Crippen MR) is 83.0 cm³/mol. The van der Waals surface area contributed by atoms with Crippen LogP contribution in [0.4, 0.5) is 0 Å². The van der Waals surface area contributed by atoms with Gasteiger partial charge in [0.1, 0.15) is 0 Å². The molecule has 0 saturated carbocycles. The normalized spacial score (nSPS) is 10.8. The lowest BCUT2D eigenvalue weighted by Gasteiger charge is -2.06. The van der Waals surface area contributed by atoms with Gasteiger partial charge in [0.25, 0.3) is 5.91 Å². The van der Waals surface area contributed by atoms with E-state index in [1.807, 2.05) is 47.9 Å². The third-order valence-corrected chi connectivity index (χ3v) is 4.10. The molecule has 106 valence electrons. The van der Waals surface area contributed by atoms with Crippen molar-refractivity contribution in [3.05, 3.63) is 64.0 Å². The van der Waals surface area contributed by atoms with Gasteiger partial charge in [0.05, 0.1) is 6.54 Å². The Morgan fingerprint density at radius 3 is 2.95 bits per heavy atom. The van der Waals surface area contributed by atoms with Crippen LogP contribution in [0.15, 0.2) is 47.1 Å². The van der Waals surface area contributed by atoms with Gasteiger partial charge in [-0.3, -0.25) is 9.20 Å². The van der Waals surface area contributed by atoms with Crippen molar-refractivity contribution in [3.63, 3.8) is 0 Å². The molecule has 0 aliphatic carbocycles. The second-order valence-corrected chi connectivity index (χ2v) is 5.55. The molecule has 1 aromatic carbocycles. The van der Waals surface area contributed by atoms with Crippen molar-refractivity contribution in [2.75, 3.05) is 0 Å². The Balaban J connectivity index is 1.75. The Bertz CT molecular complexity index is 812. The zero-order valence-corrected chi connectivity index (χ0v) is 13.0. The number of nitrogens with zero attached hydrogens (tertiary/aromatic N) is 3. The minimum absolute atomic E-state index is 0.127. The second kappa shape index (κ2) is 5.65. The number of amides is 1. The highest BCUT2D eigenvalue weighted by molar-refractivity contribution is 9.10. The molecule has 1 N–H and O–H groups in total. The predicted octanol–water partition coefficient (Wildman–Crippen LogP) is 2.73. The summed E-state index contributed by atoms with van der Waals surface area (Å²) < 4.78 is 2.84. The number of hydrogen-bond acceptors (Lipinski definition) is 3. The molecule has 0 fully saturated rings. The van der Waals surface area contributed by atoms with E-state index in [-0.39, 0.29) is 5.91 Å². The third kappa shape index (κ3) is 2.80. The largest absolute Gasteiger partial charge is 0.345 e. The van der Waals surface area contributed by atoms with Gasteiger partial charge in [-0.2, -0.15) is 0 Å². The van der Waals surface area contributed by atoms with Crippen LogP contribution in [-0.4, -0.2) is 20.5 Å². The Morgan fingerprint density at radius 2 is 2.14 bits per heavy atom. The number of nitrogens with one attached hydrogen (secondary N) is 1. The maximum absolute atomic E-state index is 12.2. The van der Waals surface area contributed by atoms with Crippen LogP contribution in [0, 0.1) is 6.92 Å². The van der Waals surface area contributed by atoms with Crippen molar-refractivity contribution in [2.45, 2.75) is 13.5 Å². The SMILES string of the molecule is Cc1cc(C(=O)NCc2nnc3ccccn23)ccc1Br. The number of carbonyl (C=O) groups is 1. The summed E-state index contributed by atoms with van der Waals surface area (Å²) in [7, 11) is 0. The summed E-state index contributed by atoms with van der Waals surface area (Å²) in [6, 6.07) is 11.2. The summed E-state index contributed by atoms with van der Waals surface area (Å²) in [5, 5.41) is 11.0. The molecule has 1 amide bonds. The molecule has 0 aliphatic heterocycles. The number of carbonyl (C=O) groups excluding carboxylic acids is 1. The molecule has 21 heavy (non-hydrogen) atoms. The van der Waals surface area contributed by atoms with Crippen LogP contribution >= 0.6 is 15.9 Å². The monoisotopic (exact) mass is 344 g/mol. The highest BCUT2D eigenvalue weighted by atomic mass is 79.9. The number of halogens is 1. The second-order valence-electron chi connectivity index (χ2n) is 4.69. The van der Waals surface area contributed by atoms with Gasteiger partial charge in [0.15, 0.2) is 11.5 Å². The van der Waals surface area contributed by atoms with E-state index in [4.69, 9.17) is 0 Å². The van der Waals surface area contributed by atoms with Crippen LogP contribution in [-0.2, 0) is 6.54 Å².